The lowest BCUT2D eigenvalue weighted by Crippen LogP contribution is -2.21. The Hall–Kier alpha value is -1.23. The van der Waals surface area contributed by atoms with Gasteiger partial charge in [-0.2, -0.15) is 0 Å². The summed E-state index contributed by atoms with van der Waals surface area (Å²) in [4.78, 5) is 4.24. The molecule has 0 spiro atoms. The van der Waals surface area contributed by atoms with Gasteiger partial charge in [-0.1, -0.05) is 34.1 Å². The minimum absolute atomic E-state index is 0.504. The molecule has 1 unspecified atom stereocenters. The first-order chi connectivity index (χ1) is 9.15. The summed E-state index contributed by atoms with van der Waals surface area (Å²) in [7, 11) is 0. The number of benzene rings is 1. The predicted octanol–water partition coefficient (Wildman–Crippen LogP) is 2.98. The van der Waals surface area contributed by atoms with Crippen LogP contribution < -0.4 is 5.32 Å². The predicted molar refractivity (Wildman–Crippen MR) is 79.8 cm³/mol. The second-order valence-electron chi connectivity index (χ2n) is 4.51. The maximum Gasteiger partial charge on any atom is 0.0914 e. The largest absolute Gasteiger partial charge is 0.387 e. The Morgan fingerprint density at radius 3 is 2.84 bits per heavy atom. The van der Waals surface area contributed by atoms with Gasteiger partial charge in [0.25, 0.3) is 0 Å². The Balaban J connectivity index is 1.84. The number of aliphatic hydroxyl groups is 1. The molecule has 4 heteroatoms. The lowest BCUT2D eigenvalue weighted by atomic mass is 10.1. The molecule has 100 valence electrons. The van der Waals surface area contributed by atoms with Crippen LogP contribution in [0.25, 0.3) is 0 Å². The van der Waals surface area contributed by atoms with Crippen LogP contribution in [0.3, 0.4) is 0 Å². The fraction of sp³-hybridized carbons (Fsp3) is 0.267. The minimum atomic E-state index is -0.504. The quantitative estimate of drug-likeness (QED) is 0.890. The van der Waals surface area contributed by atoms with Crippen molar-refractivity contribution in [2.75, 3.05) is 6.54 Å². The summed E-state index contributed by atoms with van der Waals surface area (Å²) >= 11 is 3.40. The highest BCUT2D eigenvalue weighted by Gasteiger charge is 2.07. The van der Waals surface area contributed by atoms with Crippen molar-refractivity contribution in [3.05, 3.63) is 63.9 Å². The minimum Gasteiger partial charge on any atom is -0.387 e. The summed E-state index contributed by atoms with van der Waals surface area (Å²) in [5.74, 6) is 0. The standard InChI is InChI=1S/C15H17BrN2O/c1-11-5-6-12(9-18-11)8-17-10-15(19)13-3-2-4-14(16)7-13/h2-7,9,15,17,19H,8,10H2,1H3. The van der Waals surface area contributed by atoms with Gasteiger partial charge in [0.1, 0.15) is 0 Å². The van der Waals surface area contributed by atoms with Gasteiger partial charge < -0.3 is 10.4 Å². The van der Waals surface area contributed by atoms with Gasteiger partial charge in [-0.25, -0.2) is 0 Å². The van der Waals surface area contributed by atoms with E-state index in [0.29, 0.717) is 13.1 Å². The van der Waals surface area contributed by atoms with Gasteiger partial charge in [0.2, 0.25) is 0 Å². The summed E-state index contributed by atoms with van der Waals surface area (Å²) in [6.07, 6.45) is 1.35. The molecule has 0 aliphatic carbocycles. The van der Waals surface area contributed by atoms with Crippen LogP contribution in [0.2, 0.25) is 0 Å². The monoisotopic (exact) mass is 320 g/mol. The molecule has 0 saturated heterocycles. The number of hydrogen-bond acceptors (Lipinski definition) is 3. The van der Waals surface area contributed by atoms with E-state index in [1.807, 2.05) is 49.5 Å². The van der Waals surface area contributed by atoms with E-state index in [2.05, 4.69) is 26.2 Å². The highest BCUT2D eigenvalue weighted by atomic mass is 79.9. The van der Waals surface area contributed by atoms with E-state index >= 15 is 0 Å². The topological polar surface area (TPSA) is 45.1 Å². The molecule has 2 rings (SSSR count). The van der Waals surface area contributed by atoms with Crippen molar-refractivity contribution >= 4 is 15.9 Å². The zero-order valence-electron chi connectivity index (χ0n) is 10.8. The normalized spacial score (nSPS) is 12.4. The van der Waals surface area contributed by atoms with E-state index in [1.165, 1.54) is 0 Å². The molecule has 1 aromatic carbocycles. The molecule has 0 aliphatic rings. The molecule has 3 nitrogen and oxygen atoms in total. The van der Waals surface area contributed by atoms with Gasteiger partial charge in [-0.15, -0.1) is 0 Å². The Morgan fingerprint density at radius 1 is 1.32 bits per heavy atom. The van der Waals surface area contributed by atoms with Gasteiger partial charge in [-0.05, 0) is 36.2 Å². The number of aliphatic hydroxyl groups excluding tert-OH is 1. The maximum absolute atomic E-state index is 10.1. The smallest absolute Gasteiger partial charge is 0.0914 e. The van der Waals surface area contributed by atoms with Crippen molar-refractivity contribution in [3.8, 4) is 0 Å². The van der Waals surface area contributed by atoms with Gasteiger partial charge in [0, 0.05) is 29.5 Å². The van der Waals surface area contributed by atoms with Crippen molar-refractivity contribution < 1.29 is 5.11 Å². The van der Waals surface area contributed by atoms with Crippen LogP contribution in [0.4, 0.5) is 0 Å². The van der Waals surface area contributed by atoms with E-state index < -0.39 is 6.10 Å². The zero-order chi connectivity index (χ0) is 13.7. The molecule has 19 heavy (non-hydrogen) atoms. The number of halogens is 1. The first-order valence-corrected chi connectivity index (χ1v) is 7.00. The number of hydrogen-bond donors (Lipinski definition) is 2. The van der Waals surface area contributed by atoms with Gasteiger partial charge in [0.05, 0.1) is 6.10 Å². The van der Waals surface area contributed by atoms with E-state index in [0.717, 1.165) is 21.3 Å². The third kappa shape index (κ3) is 4.42. The molecule has 1 atom stereocenters. The average Bonchev–Trinajstić information content (AvgIpc) is 2.41. The average molecular weight is 321 g/mol. The molecule has 2 N–H and O–H groups in total. The molecule has 2 aromatic rings. The van der Waals surface area contributed by atoms with Crippen LogP contribution >= 0.6 is 15.9 Å². The molecule has 0 aliphatic heterocycles. The lowest BCUT2D eigenvalue weighted by Gasteiger charge is -2.12. The van der Waals surface area contributed by atoms with Gasteiger partial charge in [0.15, 0.2) is 0 Å². The van der Waals surface area contributed by atoms with E-state index in [1.54, 1.807) is 0 Å². The molecule has 1 aromatic heterocycles. The summed E-state index contributed by atoms with van der Waals surface area (Å²) in [5.41, 5.74) is 3.04. The molecule has 0 amide bonds. The molecule has 1 heterocycles. The van der Waals surface area contributed by atoms with Gasteiger partial charge in [-0.3, -0.25) is 4.98 Å². The summed E-state index contributed by atoms with van der Waals surface area (Å²) in [6.45, 7) is 3.19. The zero-order valence-corrected chi connectivity index (χ0v) is 12.4. The third-order valence-electron chi connectivity index (χ3n) is 2.87. The van der Waals surface area contributed by atoms with E-state index in [-0.39, 0.29) is 0 Å². The SMILES string of the molecule is Cc1ccc(CNCC(O)c2cccc(Br)c2)cn1. The van der Waals surface area contributed by atoms with Crippen molar-refractivity contribution in [3.63, 3.8) is 0 Å². The second-order valence-corrected chi connectivity index (χ2v) is 5.43. The number of rotatable bonds is 5. The number of nitrogens with one attached hydrogen (secondary N) is 1. The van der Waals surface area contributed by atoms with Crippen LogP contribution in [0.1, 0.15) is 22.9 Å². The lowest BCUT2D eigenvalue weighted by molar-refractivity contribution is 0.174. The van der Waals surface area contributed by atoms with E-state index in [9.17, 15) is 5.11 Å². The molecule has 0 saturated carbocycles. The molecule has 0 radical (unpaired) electrons. The number of pyridine rings is 1. The molecule has 0 bridgehead atoms. The highest BCUT2D eigenvalue weighted by Crippen LogP contribution is 2.17. The summed E-state index contributed by atoms with van der Waals surface area (Å²) < 4.78 is 0.979. The molecular formula is C15H17BrN2O. The van der Waals surface area contributed by atoms with Crippen molar-refractivity contribution in [1.82, 2.24) is 10.3 Å². The fourth-order valence-electron chi connectivity index (χ4n) is 1.79. The first kappa shape index (κ1) is 14.2. The van der Waals surface area contributed by atoms with Crippen LogP contribution in [0.15, 0.2) is 47.1 Å². The highest BCUT2D eigenvalue weighted by molar-refractivity contribution is 9.10. The number of aromatic nitrogens is 1. The Labute approximate surface area is 121 Å². The first-order valence-electron chi connectivity index (χ1n) is 6.21. The summed E-state index contributed by atoms with van der Waals surface area (Å²) in [5, 5.41) is 13.3. The Kier molecular flexibility index (Phi) is 5.07. The van der Waals surface area contributed by atoms with Crippen LogP contribution in [-0.2, 0) is 6.54 Å². The Morgan fingerprint density at radius 2 is 2.16 bits per heavy atom. The van der Waals surface area contributed by atoms with Crippen LogP contribution in [0, 0.1) is 6.92 Å². The van der Waals surface area contributed by atoms with Crippen molar-refractivity contribution in [2.24, 2.45) is 0 Å². The summed E-state index contributed by atoms with van der Waals surface area (Å²) in [6, 6.07) is 11.8. The fourth-order valence-corrected chi connectivity index (χ4v) is 2.20. The van der Waals surface area contributed by atoms with Crippen molar-refractivity contribution in [2.45, 2.75) is 19.6 Å². The molecular weight excluding hydrogens is 304 g/mol. The number of aryl methyl sites for hydroxylation is 1. The third-order valence-corrected chi connectivity index (χ3v) is 3.37. The molecule has 0 fully saturated rings. The second kappa shape index (κ2) is 6.80. The van der Waals surface area contributed by atoms with Crippen LogP contribution in [-0.4, -0.2) is 16.6 Å². The number of nitrogens with zero attached hydrogens (tertiary/aromatic N) is 1. The maximum atomic E-state index is 10.1. The van der Waals surface area contributed by atoms with Crippen LogP contribution in [0.5, 0.6) is 0 Å². The van der Waals surface area contributed by atoms with Crippen molar-refractivity contribution in [1.29, 1.82) is 0 Å². The van der Waals surface area contributed by atoms with E-state index in [4.69, 9.17) is 0 Å². The van der Waals surface area contributed by atoms with Gasteiger partial charge >= 0.3 is 0 Å². The Bertz CT molecular complexity index is 528.